The lowest BCUT2D eigenvalue weighted by molar-refractivity contribution is 0.0583. The predicted octanol–water partition coefficient (Wildman–Crippen LogP) is 0.561. The minimum absolute atomic E-state index is 0.0232. The Kier molecular flexibility index (Phi) is 6.09. The smallest absolute Gasteiger partial charge is 0.339 e. The van der Waals surface area contributed by atoms with E-state index in [1.54, 1.807) is 18.5 Å². The first kappa shape index (κ1) is 20.7. The summed E-state index contributed by atoms with van der Waals surface area (Å²) in [6.45, 7) is 1.11. The van der Waals surface area contributed by atoms with Crippen molar-refractivity contribution in [3.8, 4) is 0 Å². The van der Waals surface area contributed by atoms with Gasteiger partial charge >= 0.3 is 11.9 Å². The number of anilines is 1. The highest BCUT2D eigenvalue weighted by Gasteiger charge is 2.33. The largest absolute Gasteiger partial charge is 0.465 e. The average molecular weight is 420 g/mol. The van der Waals surface area contributed by atoms with Crippen LogP contribution in [0.3, 0.4) is 0 Å². The number of carbonyl (C=O) groups excluding carboxylic acids is 2. The molecule has 1 aliphatic rings. The number of esters is 2. The molecule has 11 heteroatoms. The van der Waals surface area contributed by atoms with Crippen LogP contribution in [-0.2, 0) is 19.5 Å². The maximum atomic E-state index is 13.3. The fourth-order valence-corrected chi connectivity index (χ4v) is 4.61. The van der Waals surface area contributed by atoms with E-state index in [2.05, 4.69) is 14.7 Å². The number of carbonyl (C=O) groups is 2. The van der Waals surface area contributed by atoms with Gasteiger partial charge in [0.2, 0.25) is 16.0 Å². The Morgan fingerprint density at radius 1 is 0.966 bits per heavy atom. The number of aromatic nitrogens is 2. The monoisotopic (exact) mass is 420 g/mol. The lowest BCUT2D eigenvalue weighted by Crippen LogP contribution is -2.49. The molecule has 1 aliphatic heterocycles. The van der Waals surface area contributed by atoms with Gasteiger partial charge < -0.3 is 14.4 Å². The maximum Gasteiger partial charge on any atom is 0.339 e. The van der Waals surface area contributed by atoms with Crippen LogP contribution < -0.4 is 4.90 Å². The first-order valence-corrected chi connectivity index (χ1v) is 10.1. The summed E-state index contributed by atoms with van der Waals surface area (Å²) in [5.41, 5.74) is -0.121. The zero-order chi connectivity index (χ0) is 21.0. The summed E-state index contributed by atoms with van der Waals surface area (Å²) in [5, 5.41) is 0. The van der Waals surface area contributed by atoms with Crippen LogP contribution in [-0.4, -0.2) is 75.0 Å². The van der Waals surface area contributed by atoms with Gasteiger partial charge in [0.05, 0.1) is 30.2 Å². The molecule has 0 aliphatic carbocycles. The van der Waals surface area contributed by atoms with E-state index >= 15 is 0 Å². The number of nitrogens with zero attached hydrogens (tertiary/aromatic N) is 4. The maximum absolute atomic E-state index is 13.3. The summed E-state index contributed by atoms with van der Waals surface area (Å²) in [6, 6.07) is 5.41. The molecule has 29 heavy (non-hydrogen) atoms. The van der Waals surface area contributed by atoms with Crippen molar-refractivity contribution in [1.29, 1.82) is 0 Å². The Balaban J connectivity index is 1.90. The third-order valence-corrected chi connectivity index (χ3v) is 6.44. The molecule has 1 saturated heterocycles. The number of benzene rings is 1. The molecule has 3 rings (SSSR count). The zero-order valence-electron chi connectivity index (χ0n) is 15.9. The molecule has 10 nitrogen and oxygen atoms in total. The minimum atomic E-state index is -4.06. The molecular formula is C18H20N4O6S. The number of rotatable bonds is 5. The van der Waals surface area contributed by atoms with Gasteiger partial charge in [-0.1, -0.05) is 0 Å². The normalized spacial score (nSPS) is 15.0. The summed E-state index contributed by atoms with van der Waals surface area (Å²) >= 11 is 0. The number of methoxy groups -OCH3 is 2. The Morgan fingerprint density at radius 3 is 2.17 bits per heavy atom. The molecule has 1 fully saturated rings. The van der Waals surface area contributed by atoms with Crippen LogP contribution in [0.5, 0.6) is 0 Å². The van der Waals surface area contributed by atoms with Crippen LogP contribution in [0.15, 0.2) is 41.6 Å². The van der Waals surface area contributed by atoms with E-state index in [-0.39, 0.29) is 29.1 Å². The highest BCUT2D eigenvalue weighted by Crippen LogP contribution is 2.25. The highest BCUT2D eigenvalue weighted by atomic mass is 32.2. The molecule has 154 valence electrons. The first-order chi connectivity index (χ1) is 13.9. The summed E-state index contributed by atoms with van der Waals surface area (Å²) in [5.74, 6) is -0.993. The van der Waals surface area contributed by atoms with Crippen molar-refractivity contribution in [3.63, 3.8) is 0 Å². The highest BCUT2D eigenvalue weighted by molar-refractivity contribution is 7.89. The third kappa shape index (κ3) is 4.20. The van der Waals surface area contributed by atoms with E-state index in [4.69, 9.17) is 4.74 Å². The second kappa shape index (κ2) is 8.53. The molecule has 0 amide bonds. The molecule has 0 radical (unpaired) electrons. The predicted molar refractivity (Wildman–Crippen MR) is 102 cm³/mol. The van der Waals surface area contributed by atoms with Crippen molar-refractivity contribution in [2.24, 2.45) is 0 Å². The molecule has 1 aromatic carbocycles. The molecule has 2 aromatic rings. The Labute approximate surface area is 168 Å². The van der Waals surface area contributed by atoms with E-state index in [9.17, 15) is 18.0 Å². The van der Waals surface area contributed by atoms with Crippen molar-refractivity contribution >= 4 is 27.9 Å². The number of ether oxygens (including phenoxy) is 2. The van der Waals surface area contributed by atoms with Crippen LogP contribution in [0, 0.1) is 0 Å². The molecule has 2 heterocycles. The van der Waals surface area contributed by atoms with Crippen molar-refractivity contribution in [1.82, 2.24) is 14.3 Å². The summed E-state index contributed by atoms with van der Waals surface area (Å²) in [7, 11) is -1.71. The van der Waals surface area contributed by atoms with E-state index in [1.807, 2.05) is 4.90 Å². The lowest BCUT2D eigenvalue weighted by atomic mass is 10.1. The summed E-state index contributed by atoms with van der Waals surface area (Å²) < 4.78 is 37.1. The SMILES string of the molecule is COC(=O)c1ccc(C(=O)OC)c(S(=O)(=O)N2CCN(c3ncccn3)CC2)c1. The van der Waals surface area contributed by atoms with Crippen LogP contribution in [0.2, 0.25) is 0 Å². The fraction of sp³-hybridized carbons (Fsp3) is 0.333. The van der Waals surface area contributed by atoms with Crippen LogP contribution >= 0.6 is 0 Å². The first-order valence-electron chi connectivity index (χ1n) is 8.71. The second-order valence-electron chi connectivity index (χ2n) is 6.13. The van der Waals surface area contributed by atoms with Gasteiger partial charge in [-0.05, 0) is 24.3 Å². The number of piperazine rings is 1. The number of sulfonamides is 1. The van der Waals surface area contributed by atoms with E-state index in [0.29, 0.717) is 19.0 Å². The van der Waals surface area contributed by atoms with Gasteiger partial charge in [-0.15, -0.1) is 0 Å². The Morgan fingerprint density at radius 2 is 1.59 bits per heavy atom. The van der Waals surface area contributed by atoms with Crippen molar-refractivity contribution in [3.05, 3.63) is 47.8 Å². The minimum Gasteiger partial charge on any atom is -0.465 e. The molecule has 0 spiro atoms. The van der Waals surface area contributed by atoms with Gasteiger partial charge in [-0.25, -0.2) is 28.0 Å². The zero-order valence-corrected chi connectivity index (χ0v) is 16.8. The quantitative estimate of drug-likeness (QED) is 0.639. The average Bonchev–Trinajstić information content (AvgIpc) is 2.78. The molecule has 1 aromatic heterocycles. The van der Waals surface area contributed by atoms with Crippen molar-refractivity contribution in [2.75, 3.05) is 45.3 Å². The van der Waals surface area contributed by atoms with Gasteiger partial charge in [0.1, 0.15) is 0 Å². The van der Waals surface area contributed by atoms with E-state index in [1.165, 1.54) is 23.5 Å². The third-order valence-electron chi connectivity index (χ3n) is 4.50. The van der Waals surface area contributed by atoms with E-state index in [0.717, 1.165) is 13.2 Å². The van der Waals surface area contributed by atoms with Crippen molar-refractivity contribution in [2.45, 2.75) is 4.90 Å². The standard InChI is InChI=1S/C18H20N4O6S/c1-27-16(23)13-4-5-14(17(24)28-2)15(12-13)29(25,26)22-10-8-21(9-11-22)18-19-6-3-7-20-18/h3-7,12H,8-11H2,1-2H3. The molecular weight excluding hydrogens is 400 g/mol. The number of hydrogen-bond donors (Lipinski definition) is 0. The van der Waals surface area contributed by atoms with Gasteiger partial charge in [0, 0.05) is 38.6 Å². The van der Waals surface area contributed by atoms with E-state index < -0.39 is 22.0 Å². The van der Waals surface area contributed by atoms with Crippen LogP contribution in [0.25, 0.3) is 0 Å². The molecule has 0 bridgehead atoms. The van der Waals surface area contributed by atoms with Crippen molar-refractivity contribution < 1.29 is 27.5 Å². The Bertz CT molecular complexity index is 1000. The fourth-order valence-electron chi connectivity index (χ4n) is 2.98. The van der Waals surface area contributed by atoms with Gasteiger partial charge in [-0.2, -0.15) is 4.31 Å². The summed E-state index contributed by atoms with van der Waals surface area (Å²) in [6.07, 6.45) is 3.23. The summed E-state index contributed by atoms with van der Waals surface area (Å²) in [4.78, 5) is 33.9. The van der Waals surface area contributed by atoms with Crippen LogP contribution in [0.1, 0.15) is 20.7 Å². The molecule has 0 atom stereocenters. The lowest BCUT2D eigenvalue weighted by Gasteiger charge is -2.34. The van der Waals surface area contributed by atoms with Gasteiger partial charge in [0.25, 0.3) is 0 Å². The Hall–Kier alpha value is -3.05. The molecule has 0 saturated carbocycles. The number of hydrogen-bond acceptors (Lipinski definition) is 9. The molecule has 0 unspecified atom stereocenters. The molecule has 0 N–H and O–H groups in total. The van der Waals surface area contributed by atoms with Crippen LogP contribution in [0.4, 0.5) is 5.95 Å². The topological polar surface area (TPSA) is 119 Å². The second-order valence-corrected chi connectivity index (χ2v) is 8.04. The van der Waals surface area contributed by atoms with Gasteiger partial charge in [0.15, 0.2) is 0 Å². The van der Waals surface area contributed by atoms with Gasteiger partial charge in [-0.3, -0.25) is 0 Å².